The molecule has 1 aromatic carbocycles. The molecule has 0 spiro atoms. The maximum Gasteiger partial charge on any atom is 0.460 e. The van der Waals surface area contributed by atoms with Gasteiger partial charge in [0.15, 0.2) is 16.8 Å². The molecular weight excluding hydrogens is 544 g/mol. The van der Waals surface area contributed by atoms with Crippen molar-refractivity contribution < 1.29 is 49.9 Å². The number of hydrazine groups is 1. The quantitative estimate of drug-likeness (QED) is 0.0775. The molecule has 37 heavy (non-hydrogen) atoms. The number of rotatable bonds is 9. The van der Waals surface area contributed by atoms with Gasteiger partial charge in [0.05, 0.1) is 31.5 Å². The average Bonchev–Trinajstić information content (AvgIpc) is 2.80. The van der Waals surface area contributed by atoms with Crippen molar-refractivity contribution in [1.29, 1.82) is 5.41 Å². The first-order valence-electron chi connectivity index (χ1n) is 9.69. The van der Waals surface area contributed by atoms with Crippen molar-refractivity contribution in [2.75, 3.05) is 31.1 Å². The molecule has 9 nitrogen and oxygen atoms in total. The maximum absolute atomic E-state index is 14.4. The molecule has 1 amide bonds. The van der Waals surface area contributed by atoms with Crippen LogP contribution >= 0.6 is 11.8 Å². The van der Waals surface area contributed by atoms with Gasteiger partial charge in [0.1, 0.15) is 0 Å². The number of pyridine rings is 1. The van der Waals surface area contributed by atoms with E-state index in [-0.39, 0.29) is 40.1 Å². The van der Waals surface area contributed by atoms with Crippen LogP contribution in [0.5, 0.6) is 0 Å². The van der Waals surface area contributed by atoms with Crippen LogP contribution in [0, 0.1) is 11.2 Å². The largest absolute Gasteiger partial charge is 0.460 e. The minimum absolute atomic E-state index is 0.0610. The topological polar surface area (TPSA) is 137 Å². The zero-order valence-corrected chi connectivity index (χ0v) is 19.3. The predicted octanol–water partition coefficient (Wildman–Crippen LogP) is 3.93. The molecule has 0 radical (unpaired) electrons. The van der Waals surface area contributed by atoms with E-state index in [9.17, 15) is 39.9 Å². The smallest absolute Gasteiger partial charge is 0.394 e. The summed E-state index contributed by atoms with van der Waals surface area (Å²) in [6.07, 6.45) is -6.77. The first-order chi connectivity index (χ1) is 17.1. The molecule has 2 aromatic rings. The lowest BCUT2D eigenvalue weighted by Gasteiger charge is -2.28. The van der Waals surface area contributed by atoms with Crippen LogP contribution < -0.4 is 16.6 Å². The van der Waals surface area contributed by atoms with Crippen molar-refractivity contribution in [3.05, 3.63) is 47.4 Å². The molecule has 1 heterocycles. The molecule has 204 valence electrons. The Kier molecular flexibility index (Phi) is 9.28. The fraction of sp³-hybridized carbons (Fsp3) is 0.316. The van der Waals surface area contributed by atoms with E-state index < -0.39 is 47.7 Å². The molecule has 18 heteroatoms. The van der Waals surface area contributed by atoms with Crippen molar-refractivity contribution in [3.8, 4) is 0 Å². The van der Waals surface area contributed by atoms with Crippen LogP contribution in [0.15, 0.2) is 35.4 Å². The molecule has 0 bridgehead atoms. The Morgan fingerprint density at radius 3 is 2.41 bits per heavy atom. The number of amides is 1. The number of hydrogen-bond donors (Lipinski definition) is 5. The zero-order chi connectivity index (χ0) is 28.2. The van der Waals surface area contributed by atoms with E-state index in [4.69, 9.17) is 21.2 Å². The lowest BCUT2D eigenvalue weighted by molar-refractivity contribution is -0.359. The Labute approximate surface area is 207 Å². The number of anilines is 2. The number of nitrogens with one attached hydrogen (secondary N) is 3. The van der Waals surface area contributed by atoms with E-state index in [0.717, 1.165) is 5.01 Å². The highest BCUT2D eigenvalue weighted by molar-refractivity contribution is 8.13. The van der Waals surface area contributed by atoms with E-state index in [1.165, 1.54) is 25.3 Å². The lowest BCUT2D eigenvalue weighted by atomic mass is 10.0. The van der Waals surface area contributed by atoms with Crippen molar-refractivity contribution in [2.24, 2.45) is 5.84 Å². The van der Waals surface area contributed by atoms with Crippen molar-refractivity contribution in [1.82, 2.24) is 9.99 Å². The second-order valence-corrected chi connectivity index (χ2v) is 8.03. The van der Waals surface area contributed by atoms with Gasteiger partial charge in [-0.25, -0.2) is 15.2 Å². The number of alkyl halides is 7. The van der Waals surface area contributed by atoms with E-state index >= 15 is 0 Å². The standard InChI is InChI=1S/C19H18F8N6O3S/c1-36-32-10-2-3-13(37-16(28)33(29)4-5-34)11(7-10)15(35)31-14-12(20)6-9(8-30-14)17(21,22)18(23,24)19(25,26)27/h2-3,6-8,28,32,34H,4-5,29H2,1H3,(H,30,31,35). The highest BCUT2D eigenvalue weighted by Crippen LogP contribution is 2.51. The Bertz CT molecular complexity index is 1150. The molecule has 0 aliphatic carbocycles. The highest BCUT2D eigenvalue weighted by Gasteiger charge is 2.73. The van der Waals surface area contributed by atoms with Crippen LogP contribution in [-0.4, -0.2) is 58.5 Å². The summed E-state index contributed by atoms with van der Waals surface area (Å²) in [5.74, 6) is -10.8. The SMILES string of the molecule is CONc1ccc(SC(=N)N(N)CCO)c(C(=O)Nc2ncc(C(F)(F)C(F)(F)C(F)(F)F)cc2F)c1. The zero-order valence-electron chi connectivity index (χ0n) is 18.5. The maximum atomic E-state index is 14.4. The van der Waals surface area contributed by atoms with Gasteiger partial charge in [-0.15, -0.1) is 0 Å². The van der Waals surface area contributed by atoms with Crippen LogP contribution in [0.4, 0.5) is 46.6 Å². The van der Waals surface area contributed by atoms with Crippen molar-refractivity contribution >= 4 is 34.3 Å². The fourth-order valence-corrected chi connectivity index (χ4v) is 3.40. The summed E-state index contributed by atoms with van der Waals surface area (Å²) in [5, 5.41) is 19.3. The third kappa shape index (κ3) is 6.56. The molecular formula is C19H18F8N6O3S. The number of aromatic nitrogens is 1. The molecule has 0 aliphatic heterocycles. The van der Waals surface area contributed by atoms with Gasteiger partial charge in [0, 0.05) is 16.7 Å². The fourth-order valence-electron chi connectivity index (χ4n) is 2.59. The Balaban J connectivity index is 2.38. The summed E-state index contributed by atoms with van der Waals surface area (Å²) in [6, 6.07) is 3.61. The first-order valence-corrected chi connectivity index (χ1v) is 10.5. The second-order valence-electron chi connectivity index (χ2n) is 7.00. The van der Waals surface area contributed by atoms with Gasteiger partial charge >= 0.3 is 18.0 Å². The molecule has 0 saturated carbocycles. The van der Waals surface area contributed by atoms with E-state index in [0.29, 0.717) is 11.8 Å². The Morgan fingerprint density at radius 1 is 1.22 bits per heavy atom. The number of thioether (sulfide) groups is 1. The van der Waals surface area contributed by atoms with Crippen LogP contribution in [0.3, 0.4) is 0 Å². The molecule has 0 aliphatic rings. The number of carbonyl (C=O) groups is 1. The Morgan fingerprint density at radius 2 is 1.86 bits per heavy atom. The van der Waals surface area contributed by atoms with Crippen LogP contribution in [0.2, 0.25) is 0 Å². The monoisotopic (exact) mass is 562 g/mol. The summed E-state index contributed by atoms with van der Waals surface area (Å²) in [4.78, 5) is 20.7. The molecule has 6 N–H and O–H groups in total. The average molecular weight is 562 g/mol. The van der Waals surface area contributed by atoms with Crippen LogP contribution in [-0.2, 0) is 10.8 Å². The first kappa shape index (κ1) is 30.0. The minimum atomic E-state index is -6.64. The Hall–Kier alpha value is -3.22. The van der Waals surface area contributed by atoms with Gasteiger partial charge in [-0.05, 0) is 24.3 Å². The minimum Gasteiger partial charge on any atom is -0.394 e. The number of benzene rings is 1. The van der Waals surface area contributed by atoms with Gasteiger partial charge in [0.2, 0.25) is 0 Å². The third-order valence-corrected chi connectivity index (χ3v) is 5.44. The molecule has 1 aromatic heterocycles. The van der Waals surface area contributed by atoms with E-state index in [1.807, 2.05) is 5.32 Å². The molecule has 0 atom stereocenters. The second kappa shape index (κ2) is 11.4. The number of nitrogens with two attached hydrogens (primary N) is 1. The number of carbonyl (C=O) groups excluding carboxylic acids is 1. The number of amidine groups is 1. The van der Waals surface area contributed by atoms with Crippen molar-refractivity contribution in [2.45, 2.75) is 22.9 Å². The number of halogens is 8. The van der Waals surface area contributed by atoms with Gasteiger partial charge in [-0.1, -0.05) is 11.8 Å². The van der Waals surface area contributed by atoms with Gasteiger partial charge in [-0.3, -0.25) is 25.5 Å². The van der Waals surface area contributed by atoms with Gasteiger partial charge in [0.25, 0.3) is 5.91 Å². The molecule has 2 rings (SSSR count). The number of nitrogens with zero attached hydrogens (tertiary/aromatic N) is 2. The van der Waals surface area contributed by atoms with Crippen molar-refractivity contribution in [3.63, 3.8) is 0 Å². The summed E-state index contributed by atoms with van der Waals surface area (Å²) in [5.41, 5.74) is 0.269. The molecule has 0 saturated heterocycles. The lowest BCUT2D eigenvalue weighted by Crippen LogP contribution is -2.50. The summed E-state index contributed by atoms with van der Waals surface area (Å²) in [7, 11) is 1.25. The van der Waals surface area contributed by atoms with E-state index in [2.05, 4.69) is 10.5 Å². The third-order valence-electron chi connectivity index (χ3n) is 4.44. The normalized spacial score (nSPS) is 12.3. The van der Waals surface area contributed by atoms with Gasteiger partial charge < -0.3 is 10.4 Å². The highest BCUT2D eigenvalue weighted by atomic mass is 32.2. The summed E-state index contributed by atoms with van der Waals surface area (Å²) >= 11 is 0.639. The summed E-state index contributed by atoms with van der Waals surface area (Å²) in [6.45, 7) is -0.519. The van der Waals surface area contributed by atoms with Gasteiger partial charge in [-0.2, -0.15) is 30.7 Å². The number of hydrogen-bond acceptors (Lipinski definition) is 8. The van der Waals surface area contributed by atoms with E-state index in [1.54, 1.807) is 0 Å². The predicted molar refractivity (Wildman–Crippen MR) is 116 cm³/mol. The number of aliphatic hydroxyl groups is 1. The molecule has 0 unspecified atom stereocenters. The van der Waals surface area contributed by atoms with Crippen LogP contribution in [0.25, 0.3) is 0 Å². The van der Waals surface area contributed by atoms with Crippen LogP contribution in [0.1, 0.15) is 15.9 Å². The summed E-state index contributed by atoms with van der Waals surface area (Å²) < 4.78 is 106. The molecule has 0 fully saturated rings. The number of aliphatic hydroxyl groups excluding tert-OH is 1.